The van der Waals surface area contributed by atoms with Gasteiger partial charge in [-0.15, -0.1) is 24.0 Å². The van der Waals surface area contributed by atoms with Gasteiger partial charge in [0, 0.05) is 38.8 Å². The fourth-order valence-electron chi connectivity index (χ4n) is 3.49. The normalized spacial score (nSPS) is 23.5. The smallest absolute Gasteiger partial charge is 0.357 e. The van der Waals surface area contributed by atoms with Crippen LogP contribution in [0.15, 0.2) is 4.99 Å². The minimum atomic E-state index is -5.23. The van der Waals surface area contributed by atoms with E-state index >= 15 is 0 Å². The molecule has 166 valence electrons. The van der Waals surface area contributed by atoms with Gasteiger partial charge >= 0.3 is 15.5 Å². The number of aliphatic imine (C=N–C) groups is 1. The number of sulfonamides is 1. The molecule has 12 heteroatoms. The third-order valence-electron chi connectivity index (χ3n) is 5.23. The topological polar surface area (TPSA) is 77.0 Å². The molecular weight excluding hydrogens is 510 g/mol. The summed E-state index contributed by atoms with van der Waals surface area (Å²) in [6, 6.07) is 0.477. The van der Waals surface area contributed by atoms with Crippen molar-refractivity contribution in [2.75, 3.05) is 46.3 Å². The monoisotopic (exact) mass is 541 g/mol. The Balaban J connectivity index is 0.00000392. The lowest BCUT2D eigenvalue weighted by atomic mass is 9.98. The summed E-state index contributed by atoms with van der Waals surface area (Å²) in [6.07, 6.45) is 3.10. The number of piperidine rings is 1. The van der Waals surface area contributed by atoms with E-state index < -0.39 is 15.5 Å². The number of guanidine groups is 1. The molecule has 0 spiro atoms. The van der Waals surface area contributed by atoms with Crippen molar-refractivity contribution in [1.82, 2.24) is 19.8 Å². The minimum Gasteiger partial charge on any atom is -0.357 e. The largest absolute Gasteiger partial charge is 0.511 e. The number of likely N-dealkylation sites (N-methyl/N-ethyl adjacent to an activating group) is 1. The Hall–Kier alpha value is -0.340. The number of nitrogens with zero attached hydrogens (tertiary/aromatic N) is 3. The Bertz CT molecular complexity index is 610. The highest BCUT2D eigenvalue weighted by molar-refractivity contribution is 14.0. The predicted molar refractivity (Wildman–Crippen MR) is 114 cm³/mol. The molecule has 7 nitrogen and oxygen atoms in total. The molecule has 2 aliphatic rings. The Kier molecular flexibility index (Phi) is 10.2. The summed E-state index contributed by atoms with van der Waals surface area (Å²) in [5.41, 5.74) is -5.23. The van der Waals surface area contributed by atoms with E-state index in [4.69, 9.17) is 0 Å². The van der Waals surface area contributed by atoms with Crippen LogP contribution in [0.3, 0.4) is 0 Å². The number of hydrogen-bond donors (Lipinski definition) is 2. The molecule has 2 N–H and O–H groups in total. The van der Waals surface area contributed by atoms with Crippen LogP contribution in [0, 0.1) is 5.92 Å². The van der Waals surface area contributed by atoms with E-state index in [9.17, 15) is 21.6 Å². The molecule has 1 unspecified atom stereocenters. The molecule has 2 fully saturated rings. The van der Waals surface area contributed by atoms with Gasteiger partial charge in [0.15, 0.2) is 5.96 Å². The molecular formula is C16H31F3IN5O2S. The van der Waals surface area contributed by atoms with E-state index in [1.165, 1.54) is 6.42 Å². The van der Waals surface area contributed by atoms with Crippen LogP contribution in [0.25, 0.3) is 0 Å². The van der Waals surface area contributed by atoms with Gasteiger partial charge in [0.05, 0.1) is 0 Å². The van der Waals surface area contributed by atoms with Crippen LogP contribution in [0.5, 0.6) is 0 Å². The average Bonchev–Trinajstić information content (AvgIpc) is 3.02. The maximum absolute atomic E-state index is 12.6. The maximum Gasteiger partial charge on any atom is 0.511 e. The summed E-state index contributed by atoms with van der Waals surface area (Å²) in [5.74, 6) is 0.775. The first-order valence-electron chi connectivity index (χ1n) is 9.44. The fourth-order valence-corrected chi connectivity index (χ4v) is 4.48. The fraction of sp³-hybridized carbons (Fsp3) is 0.938. The molecule has 0 radical (unpaired) electrons. The molecule has 0 aliphatic carbocycles. The first kappa shape index (κ1) is 25.7. The van der Waals surface area contributed by atoms with Crippen LogP contribution in [0.4, 0.5) is 13.2 Å². The number of rotatable bonds is 6. The van der Waals surface area contributed by atoms with E-state index in [1.54, 1.807) is 0 Å². The van der Waals surface area contributed by atoms with Gasteiger partial charge in [-0.05, 0) is 52.1 Å². The van der Waals surface area contributed by atoms with E-state index in [-0.39, 0.29) is 43.0 Å². The molecule has 2 saturated heterocycles. The van der Waals surface area contributed by atoms with Crippen LogP contribution < -0.4 is 10.6 Å². The SMILES string of the molecule is CCNC(=NCC1CCN(S(=O)(=O)C(F)(F)F)CC1)NCC1CCCN1C.I. The van der Waals surface area contributed by atoms with Crippen molar-refractivity contribution in [3.8, 4) is 0 Å². The summed E-state index contributed by atoms with van der Waals surface area (Å²) in [7, 11) is -3.11. The molecule has 2 heterocycles. The molecule has 0 aromatic rings. The van der Waals surface area contributed by atoms with Crippen molar-refractivity contribution in [2.45, 2.75) is 44.2 Å². The van der Waals surface area contributed by atoms with Gasteiger partial charge < -0.3 is 15.5 Å². The van der Waals surface area contributed by atoms with Gasteiger partial charge in [-0.3, -0.25) is 4.99 Å². The first-order valence-corrected chi connectivity index (χ1v) is 10.9. The minimum absolute atomic E-state index is 0. The second-order valence-electron chi connectivity index (χ2n) is 7.17. The molecule has 2 rings (SSSR count). The van der Waals surface area contributed by atoms with Gasteiger partial charge in [0.25, 0.3) is 0 Å². The van der Waals surface area contributed by atoms with Crippen molar-refractivity contribution >= 4 is 40.0 Å². The molecule has 0 aromatic carbocycles. The summed E-state index contributed by atoms with van der Waals surface area (Å²) < 4.78 is 61.3. The van der Waals surface area contributed by atoms with Crippen molar-refractivity contribution in [2.24, 2.45) is 10.9 Å². The van der Waals surface area contributed by atoms with Gasteiger partial charge in [-0.1, -0.05) is 0 Å². The Labute approximate surface area is 182 Å². The van der Waals surface area contributed by atoms with Gasteiger partial charge in [-0.2, -0.15) is 17.5 Å². The van der Waals surface area contributed by atoms with Crippen molar-refractivity contribution in [3.05, 3.63) is 0 Å². The van der Waals surface area contributed by atoms with E-state index in [0.29, 0.717) is 42.2 Å². The average molecular weight is 541 g/mol. The van der Waals surface area contributed by atoms with Crippen LogP contribution in [0.2, 0.25) is 0 Å². The zero-order valence-electron chi connectivity index (χ0n) is 16.3. The van der Waals surface area contributed by atoms with Gasteiger partial charge in [-0.25, -0.2) is 8.42 Å². The number of halogens is 4. The molecule has 1 atom stereocenters. The van der Waals surface area contributed by atoms with E-state index in [0.717, 1.165) is 19.5 Å². The quantitative estimate of drug-likeness (QED) is 0.305. The van der Waals surface area contributed by atoms with Crippen molar-refractivity contribution in [3.63, 3.8) is 0 Å². The van der Waals surface area contributed by atoms with Crippen molar-refractivity contribution in [1.29, 1.82) is 0 Å². The molecule has 0 aromatic heterocycles. The number of nitrogens with one attached hydrogen (secondary N) is 2. The number of likely N-dealkylation sites (tertiary alicyclic amines) is 1. The molecule has 28 heavy (non-hydrogen) atoms. The Morgan fingerprint density at radius 1 is 1.14 bits per heavy atom. The standard InChI is InChI=1S/C16H30F3N5O2S.HI/c1-3-20-15(22-12-14-5-4-8-23(14)2)21-11-13-6-9-24(10-7-13)27(25,26)16(17,18)19;/h13-14H,3-12H2,1-2H3,(H2,20,21,22);1H. The number of alkyl halides is 3. The second kappa shape index (κ2) is 11.2. The van der Waals surface area contributed by atoms with Crippen LogP contribution in [-0.2, 0) is 10.0 Å². The Morgan fingerprint density at radius 3 is 2.29 bits per heavy atom. The molecule has 0 bridgehead atoms. The van der Waals surface area contributed by atoms with E-state index in [1.807, 2.05) is 6.92 Å². The van der Waals surface area contributed by atoms with Gasteiger partial charge in [0.1, 0.15) is 0 Å². The van der Waals surface area contributed by atoms with E-state index in [2.05, 4.69) is 27.6 Å². The molecule has 0 saturated carbocycles. The third kappa shape index (κ3) is 6.87. The predicted octanol–water partition coefficient (Wildman–Crippen LogP) is 1.82. The summed E-state index contributed by atoms with van der Waals surface area (Å²) in [6.45, 7) is 4.82. The number of hydrogen-bond acceptors (Lipinski definition) is 4. The highest BCUT2D eigenvalue weighted by atomic mass is 127. The molecule has 0 amide bonds. The maximum atomic E-state index is 12.6. The zero-order chi connectivity index (χ0) is 20.1. The summed E-state index contributed by atoms with van der Waals surface area (Å²) in [4.78, 5) is 6.86. The van der Waals surface area contributed by atoms with Crippen LogP contribution in [0.1, 0.15) is 32.6 Å². The van der Waals surface area contributed by atoms with Gasteiger partial charge in [0.2, 0.25) is 0 Å². The lowest BCUT2D eigenvalue weighted by Crippen LogP contribution is -2.46. The highest BCUT2D eigenvalue weighted by Crippen LogP contribution is 2.30. The first-order chi connectivity index (χ1) is 12.6. The summed E-state index contributed by atoms with van der Waals surface area (Å²) >= 11 is 0. The van der Waals surface area contributed by atoms with Crippen LogP contribution >= 0.6 is 24.0 Å². The summed E-state index contributed by atoms with van der Waals surface area (Å²) in [5, 5.41) is 6.51. The highest BCUT2D eigenvalue weighted by Gasteiger charge is 2.50. The lowest BCUT2D eigenvalue weighted by molar-refractivity contribution is -0.0496. The Morgan fingerprint density at radius 2 is 1.79 bits per heavy atom. The molecule has 2 aliphatic heterocycles. The second-order valence-corrected chi connectivity index (χ2v) is 9.10. The zero-order valence-corrected chi connectivity index (χ0v) is 19.5. The lowest BCUT2D eigenvalue weighted by Gasteiger charge is -2.31. The van der Waals surface area contributed by atoms with Crippen molar-refractivity contribution < 1.29 is 21.6 Å². The third-order valence-corrected chi connectivity index (χ3v) is 6.86. The van der Waals surface area contributed by atoms with Crippen LogP contribution in [-0.4, -0.2) is 81.4 Å².